The molecule has 0 unspecified atom stereocenters. The van der Waals surface area contributed by atoms with E-state index in [0.717, 1.165) is 0 Å². The van der Waals surface area contributed by atoms with E-state index in [4.69, 9.17) is 10.00 Å². The van der Waals surface area contributed by atoms with Crippen molar-refractivity contribution in [1.82, 2.24) is 15.6 Å². The van der Waals surface area contributed by atoms with Crippen LogP contribution in [0.4, 0.5) is 4.79 Å². The second kappa shape index (κ2) is 5.35. The second-order valence-electron chi connectivity index (χ2n) is 4.06. The topological polar surface area (TPSA) is 104 Å². The highest BCUT2D eigenvalue weighted by atomic mass is 16.6. The van der Waals surface area contributed by atoms with Gasteiger partial charge in [0.25, 0.3) is 5.91 Å². The lowest BCUT2D eigenvalue weighted by Gasteiger charge is -2.09. The number of nitrogens with one attached hydrogen (secondary N) is 2. The number of nitrogens with zero attached hydrogens (tertiary/aromatic N) is 2. The van der Waals surface area contributed by atoms with E-state index in [-0.39, 0.29) is 24.2 Å². The molecule has 19 heavy (non-hydrogen) atoms. The van der Waals surface area contributed by atoms with Gasteiger partial charge in [-0.25, -0.2) is 9.78 Å². The van der Waals surface area contributed by atoms with Crippen molar-refractivity contribution >= 4 is 12.0 Å². The van der Waals surface area contributed by atoms with Crippen molar-refractivity contribution in [3.05, 3.63) is 29.1 Å². The molecule has 2 rings (SSSR count). The third-order valence-corrected chi connectivity index (χ3v) is 2.68. The molecule has 7 heteroatoms. The summed E-state index contributed by atoms with van der Waals surface area (Å²) in [7, 11) is 0. The molecule has 98 valence electrons. The van der Waals surface area contributed by atoms with E-state index >= 15 is 0 Å². The molecule has 0 saturated carbocycles. The van der Waals surface area contributed by atoms with Gasteiger partial charge in [0.1, 0.15) is 17.9 Å². The number of aryl methyl sites for hydroxylation is 1. The zero-order chi connectivity index (χ0) is 13.8. The molecule has 1 atom stereocenters. The summed E-state index contributed by atoms with van der Waals surface area (Å²) in [6.07, 6.45) is -0.845. The van der Waals surface area contributed by atoms with Gasteiger partial charge in [-0.15, -0.1) is 0 Å². The fourth-order valence-corrected chi connectivity index (χ4v) is 1.65. The predicted octanol–water partition coefficient (Wildman–Crippen LogP) is 0.0999. The minimum Gasteiger partial charge on any atom is -0.442 e. The van der Waals surface area contributed by atoms with Gasteiger partial charge in [-0.1, -0.05) is 0 Å². The van der Waals surface area contributed by atoms with Crippen LogP contribution in [0.5, 0.6) is 0 Å². The molecule has 0 radical (unpaired) electrons. The molecule has 0 aliphatic carbocycles. The second-order valence-corrected chi connectivity index (χ2v) is 4.06. The monoisotopic (exact) mass is 260 g/mol. The Morgan fingerprint density at radius 1 is 1.68 bits per heavy atom. The lowest BCUT2D eigenvalue weighted by molar-refractivity contribution is 0.0911. The fraction of sp³-hybridized carbons (Fsp3) is 0.333. The van der Waals surface area contributed by atoms with Crippen molar-refractivity contribution in [2.75, 3.05) is 13.1 Å². The van der Waals surface area contributed by atoms with Gasteiger partial charge in [0.15, 0.2) is 0 Å². The van der Waals surface area contributed by atoms with E-state index in [1.54, 1.807) is 13.0 Å². The van der Waals surface area contributed by atoms with Crippen molar-refractivity contribution in [1.29, 1.82) is 5.26 Å². The number of hydrogen-bond acceptors (Lipinski definition) is 5. The Labute approximate surface area is 109 Å². The summed E-state index contributed by atoms with van der Waals surface area (Å²) >= 11 is 0. The first-order valence-corrected chi connectivity index (χ1v) is 5.70. The maximum absolute atomic E-state index is 11.8. The minimum atomic E-state index is -0.480. The van der Waals surface area contributed by atoms with Crippen LogP contribution < -0.4 is 10.6 Å². The van der Waals surface area contributed by atoms with E-state index in [9.17, 15) is 9.59 Å². The number of ether oxygens (including phenoxy) is 1. The van der Waals surface area contributed by atoms with Gasteiger partial charge < -0.3 is 15.4 Å². The van der Waals surface area contributed by atoms with E-state index in [1.165, 1.54) is 6.07 Å². The third kappa shape index (κ3) is 2.98. The number of carbonyl (C=O) groups is 2. The number of aromatic nitrogens is 1. The molecular formula is C12H12N4O3. The van der Waals surface area contributed by atoms with Gasteiger partial charge in [-0.2, -0.15) is 5.26 Å². The van der Waals surface area contributed by atoms with E-state index in [2.05, 4.69) is 15.6 Å². The number of amides is 2. The molecule has 0 aromatic carbocycles. The Morgan fingerprint density at radius 3 is 3.05 bits per heavy atom. The van der Waals surface area contributed by atoms with Crippen molar-refractivity contribution in [2.24, 2.45) is 0 Å². The quantitative estimate of drug-likeness (QED) is 0.802. The Morgan fingerprint density at radius 2 is 2.47 bits per heavy atom. The molecule has 0 spiro atoms. The molecule has 1 saturated heterocycles. The van der Waals surface area contributed by atoms with Crippen molar-refractivity contribution < 1.29 is 14.3 Å². The fourth-order valence-electron chi connectivity index (χ4n) is 1.65. The molecule has 1 aromatic heterocycles. The molecule has 1 fully saturated rings. The lowest BCUT2D eigenvalue weighted by atomic mass is 10.2. The number of cyclic esters (lactones) is 1. The summed E-state index contributed by atoms with van der Waals surface area (Å²) in [6, 6.07) is 5.02. The van der Waals surface area contributed by atoms with Crippen LogP contribution in [-0.2, 0) is 4.74 Å². The van der Waals surface area contributed by atoms with Crippen LogP contribution in [0.15, 0.2) is 12.1 Å². The highest BCUT2D eigenvalue weighted by molar-refractivity contribution is 5.92. The third-order valence-electron chi connectivity index (χ3n) is 2.68. The first-order valence-electron chi connectivity index (χ1n) is 5.70. The highest BCUT2D eigenvalue weighted by Crippen LogP contribution is 2.05. The number of pyridine rings is 1. The van der Waals surface area contributed by atoms with E-state index in [1.807, 2.05) is 6.07 Å². The first-order chi connectivity index (χ1) is 9.10. The zero-order valence-corrected chi connectivity index (χ0v) is 10.3. The van der Waals surface area contributed by atoms with Crippen molar-refractivity contribution in [3.63, 3.8) is 0 Å². The number of carbonyl (C=O) groups excluding carboxylic acids is 2. The average molecular weight is 260 g/mol. The van der Waals surface area contributed by atoms with Crippen LogP contribution >= 0.6 is 0 Å². The molecule has 2 N–H and O–H groups in total. The largest absolute Gasteiger partial charge is 0.442 e. The smallest absolute Gasteiger partial charge is 0.407 e. The van der Waals surface area contributed by atoms with E-state index in [0.29, 0.717) is 17.8 Å². The van der Waals surface area contributed by atoms with Gasteiger partial charge in [0, 0.05) is 0 Å². The first kappa shape index (κ1) is 12.8. The van der Waals surface area contributed by atoms with Crippen LogP contribution in [0.25, 0.3) is 0 Å². The molecule has 1 aliphatic heterocycles. The van der Waals surface area contributed by atoms with Gasteiger partial charge >= 0.3 is 6.09 Å². The Kier molecular flexibility index (Phi) is 3.61. The van der Waals surface area contributed by atoms with Gasteiger partial charge in [0.05, 0.1) is 24.3 Å². The summed E-state index contributed by atoms with van der Waals surface area (Å²) in [5, 5.41) is 13.9. The molecule has 2 amide bonds. The molecule has 0 bridgehead atoms. The van der Waals surface area contributed by atoms with Gasteiger partial charge in [0.2, 0.25) is 0 Å². The van der Waals surface area contributed by atoms with Crippen LogP contribution in [0.3, 0.4) is 0 Å². The Hall–Kier alpha value is -2.62. The summed E-state index contributed by atoms with van der Waals surface area (Å²) in [5.41, 5.74) is 1.17. The number of nitriles is 1. The van der Waals surface area contributed by atoms with E-state index < -0.39 is 6.09 Å². The van der Waals surface area contributed by atoms with Crippen LogP contribution in [0.2, 0.25) is 0 Å². The normalized spacial score (nSPS) is 17.3. The van der Waals surface area contributed by atoms with Crippen LogP contribution in [-0.4, -0.2) is 36.2 Å². The number of hydrogen-bond donors (Lipinski definition) is 2. The molecule has 2 heterocycles. The average Bonchev–Trinajstić information content (AvgIpc) is 2.81. The summed E-state index contributed by atoms with van der Waals surface area (Å²) < 4.78 is 4.88. The Balaban J connectivity index is 1.95. The standard InChI is InChI=1S/C12H12N4O3/c1-7-8(4-13)2-3-10(16-7)11(17)14-5-9-6-15-12(18)19-9/h2-3,9H,5-6H2,1H3,(H,14,17)(H,15,18)/t9-/m1/s1. The molecule has 7 nitrogen and oxygen atoms in total. The lowest BCUT2D eigenvalue weighted by Crippen LogP contribution is -2.34. The predicted molar refractivity (Wildman–Crippen MR) is 64.3 cm³/mol. The summed E-state index contributed by atoms with van der Waals surface area (Å²) in [6.45, 7) is 2.26. The van der Waals surface area contributed by atoms with Crippen molar-refractivity contribution in [3.8, 4) is 6.07 Å². The highest BCUT2D eigenvalue weighted by Gasteiger charge is 2.23. The minimum absolute atomic E-state index is 0.221. The van der Waals surface area contributed by atoms with Gasteiger partial charge in [-0.3, -0.25) is 4.79 Å². The molecular weight excluding hydrogens is 248 g/mol. The van der Waals surface area contributed by atoms with Crippen LogP contribution in [0.1, 0.15) is 21.7 Å². The van der Waals surface area contributed by atoms with Crippen molar-refractivity contribution in [2.45, 2.75) is 13.0 Å². The summed E-state index contributed by atoms with van der Waals surface area (Å²) in [5.74, 6) is -0.365. The SMILES string of the molecule is Cc1nc(C(=O)NC[C@@H]2CNC(=O)O2)ccc1C#N. The molecule has 1 aromatic rings. The maximum Gasteiger partial charge on any atom is 0.407 e. The maximum atomic E-state index is 11.8. The summed E-state index contributed by atoms with van der Waals surface area (Å²) in [4.78, 5) is 26.7. The number of rotatable bonds is 3. The van der Waals surface area contributed by atoms with Crippen LogP contribution in [0, 0.1) is 18.3 Å². The Bertz CT molecular complexity index is 565. The zero-order valence-electron chi connectivity index (χ0n) is 10.3. The molecule has 1 aliphatic rings. The van der Waals surface area contributed by atoms with Gasteiger partial charge in [-0.05, 0) is 19.1 Å². The number of alkyl carbamates (subject to hydrolysis) is 1.